The minimum absolute atomic E-state index is 0.501. The summed E-state index contributed by atoms with van der Waals surface area (Å²) >= 11 is 0. The molecule has 2 aromatic heterocycles. The van der Waals surface area contributed by atoms with Gasteiger partial charge in [0, 0.05) is 24.5 Å². The van der Waals surface area contributed by atoms with Crippen LogP contribution in [0.2, 0.25) is 0 Å². The van der Waals surface area contributed by atoms with Crippen molar-refractivity contribution in [3.63, 3.8) is 0 Å². The summed E-state index contributed by atoms with van der Waals surface area (Å²) < 4.78 is 2.10. The molecule has 2 aromatic rings. The second-order valence-corrected chi connectivity index (χ2v) is 6.53. The first-order chi connectivity index (χ1) is 9.97. The lowest BCUT2D eigenvalue weighted by Crippen LogP contribution is -2.39. The van der Waals surface area contributed by atoms with Gasteiger partial charge in [-0.25, -0.2) is 9.97 Å². The van der Waals surface area contributed by atoms with E-state index in [9.17, 15) is 5.11 Å². The number of likely N-dealkylation sites (N-methyl/N-ethyl adjacent to an activating group) is 1. The fourth-order valence-electron chi connectivity index (χ4n) is 3.53. The third-order valence-corrected chi connectivity index (χ3v) is 4.39. The van der Waals surface area contributed by atoms with Crippen molar-refractivity contribution in [1.82, 2.24) is 19.3 Å². The van der Waals surface area contributed by atoms with E-state index < -0.39 is 5.60 Å². The Labute approximate surface area is 125 Å². The van der Waals surface area contributed by atoms with Crippen molar-refractivity contribution in [3.05, 3.63) is 29.3 Å². The molecule has 1 aliphatic rings. The van der Waals surface area contributed by atoms with E-state index in [1.165, 1.54) is 0 Å². The molecule has 1 N–H and O–H groups in total. The zero-order valence-electron chi connectivity index (χ0n) is 13.1. The molecule has 0 radical (unpaired) electrons. The molecule has 114 valence electrons. The van der Waals surface area contributed by atoms with Gasteiger partial charge in [-0.15, -0.1) is 0 Å². The Bertz CT molecular complexity index is 643. The highest BCUT2D eigenvalue weighted by Gasteiger charge is 2.32. The van der Waals surface area contributed by atoms with Crippen LogP contribution in [0.3, 0.4) is 0 Å². The topological polar surface area (TPSA) is 53.7 Å². The molecule has 0 saturated heterocycles. The first kappa shape index (κ1) is 14.5. The molecule has 0 unspecified atom stereocenters. The zero-order valence-corrected chi connectivity index (χ0v) is 13.1. The van der Waals surface area contributed by atoms with E-state index in [1.807, 2.05) is 13.1 Å². The van der Waals surface area contributed by atoms with Crippen molar-refractivity contribution < 1.29 is 5.11 Å². The van der Waals surface area contributed by atoms with E-state index in [2.05, 4.69) is 39.3 Å². The molecule has 0 spiro atoms. The normalized spacial score (nSPS) is 18.0. The summed E-state index contributed by atoms with van der Waals surface area (Å²) in [5, 5.41) is 10.5. The number of rotatable bonds is 4. The molecular formula is C16H24N4O. The van der Waals surface area contributed by atoms with Gasteiger partial charge in [0.1, 0.15) is 0 Å². The Morgan fingerprint density at radius 2 is 2.05 bits per heavy atom. The minimum Gasteiger partial charge on any atom is -0.389 e. The SMILES string of the molecule is Cc1cc(C)n2c(CN(C)CC3(O)CCCC3)cnc2n1. The van der Waals surface area contributed by atoms with Crippen molar-refractivity contribution in [2.45, 2.75) is 51.7 Å². The van der Waals surface area contributed by atoms with Gasteiger partial charge in [0.25, 0.3) is 0 Å². The van der Waals surface area contributed by atoms with Gasteiger partial charge in [0.2, 0.25) is 5.78 Å². The summed E-state index contributed by atoms with van der Waals surface area (Å²) in [6, 6.07) is 2.07. The van der Waals surface area contributed by atoms with E-state index in [4.69, 9.17) is 0 Å². The Hall–Kier alpha value is -1.46. The Morgan fingerprint density at radius 1 is 1.33 bits per heavy atom. The standard InChI is InChI=1S/C16H24N4O/c1-12-8-13(2)20-14(9-17-15(20)18-12)10-19(3)11-16(21)6-4-5-7-16/h8-9,21H,4-7,10-11H2,1-3H3. The predicted molar refractivity (Wildman–Crippen MR) is 82.2 cm³/mol. The van der Waals surface area contributed by atoms with Crippen LogP contribution < -0.4 is 0 Å². The number of imidazole rings is 1. The lowest BCUT2D eigenvalue weighted by atomic mass is 10.0. The van der Waals surface area contributed by atoms with Crippen LogP contribution in [0.4, 0.5) is 0 Å². The Kier molecular flexibility index (Phi) is 3.71. The van der Waals surface area contributed by atoms with Crippen LogP contribution in [0, 0.1) is 13.8 Å². The molecule has 0 aromatic carbocycles. The molecule has 3 rings (SSSR count). The van der Waals surface area contributed by atoms with Crippen LogP contribution in [0.25, 0.3) is 5.78 Å². The van der Waals surface area contributed by atoms with Gasteiger partial charge in [0.15, 0.2) is 0 Å². The van der Waals surface area contributed by atoms with Gasteiger partial charge in [-0.05, 0) is 39.8 Å². The molecule has 0 aliphatic heterocycles. The van der Waals surface area contributed by atoms with E-state index in [0.29, 0.717) is 0 Å². The highest BCUT2D eigenvalue weighted by Crippen LogP contribution is 2.30. The fourth-order valence-corrected chi connectivity index (χ4v) is 3.53. The van der Waals surface area contributed by atoms with Crippen molar-refractivity contribution in [2.75, 3.05) is 13.6 Å². The summed E-state index contributed by atoms with van der Waals surface area (Å²) in [6.07, 6.45) is 6.02. The van der Waals surface area contributed by atoms with Gasteiger partial charge in [0.05, 0.1) is 17.5 Å². The van der Waals surface area contributed by atoms with Crippen LogP contribution >= 0.6 is 0 Å². The third kappa shape index (κ3) is 2.94. The van der Waals surface area contributed by atoms with Crippen LogP contribution in [0.5, 0.6) is 0 Å². The Morgan fingerprint density at radius 3 is 2.76 bits per heavy atom. The van der Waals surface area contributed by atoms with Crippen LogP contribution in [0.15, 0.2) is 12.3 Å². The number of aliphatic hydroxyl groups is 1. The molecule has 2 heterocycles. The molecule has 5 nitrogen and oxygen atoms in total. The van der Waals surface area contributed by atoms with Crippen LogP contribution in [-0.4, -0.2) is 43.6 Å². The second kappa shape index (κ2) is 5.39. The Balaban J connectivity index is 1.78. The average Bonchev–Trinajstić information content (AvgIpc) is 2.96. The smallest absolute Gasteiger partial charge is 0.234 e. The third-order valence-electron chi connectivity index (χ3n) is 4.39. The molecule has 0 bridgehead atoms. The molecule has 1 aliphatic carbocycles. The predicted octanol–water partition coefficient (Wildman–Crippen LogP) is 2.08. The minimum atomic E-state index is -0.501. The number of nitrogens with zero attached hydrogens (tertiary/aromatic N) is 4. The average molecular weight is 288 g/mol. The van der Waals surface area contributed by atoms with E-state index >= 15 is 0 Å². The molecule has 0 atom stereocenters. The van der Waals surface area contributed by atoms with Gasteiger partial charge < -0.3 is 5.11 Å². The van der Waals surface area contributed by atoms with Crippen LogP contribution in [-0.2, 0) is 6.54 Å². The molecular weight excluding hydrogens is 264 g/mol. The van der Waals surface area contributed by atoms with Crippen molar-refractivity contribution >= 4 is 5.78 Å². The summed E-state index contributed by atoms with van der Waals surface area (Å²) in [4.78, 5) is 11.1. The molecule has 5 heteroatoms. The number of fused-ring (bicyclic) bond motifs is 1. The first-order valence-electron chi connectivity index (χ1n) is 7.68. The van der Waals surface area contributed by atoms with Crippen molar-refractivity contribution in [1.29, 1.82) is 0 Å². The molecule has 21 heavy (non-hydrogen) atoms. The number of aryl methyl sites for hydroxylation is 2. The summed E-state index contributed by atoms with van der Waals surface area (Å²) in [6.45, 7) is 5.56. The maximum atomic E-state index is 10.5. The van der Waals surface area contributed by atoms with E-state index in [0.717, 1.165) is 61.6 Å². The summed E-state index contributed by atoms with van der Waals surface area (Å²) in [5.74, 6) is 0.760. The summed E-state index contributed by atoms with van der Waals surface area (Å²) in [7, 11) is 2.06. The van der Waals surface area contributed by atoms with Gasteiger partial charge in [-0.2, -0.15) is 0 Å². The molecule has 1 saturated carbocycles. The maximum Gasteiger partial charge on any atom is 0.234 e. The van der Waals surface area contributed by atoms with Gasteiger partial charge in [-0.3, -0.25) is 9.30 Å². The molecule has 0 amide bonds. The highest BCUT2D eigenvalue weighted by atomic mass is 16.3. The largest absolute Gasteiger partial charge is 0.389 e. The number of hydrogen-bond donors (Lipinski definition) is 1. The van der Waals surface area contributed by atoms with Crippen molar-refractivity contribution in [3.8, 4) is 0 Å². The van der Waals surface area contributed by atoms with Crippen molar-refractivity contribution in [2.24, 2.45) is 0 Å². The summed E-state index contributed by atoms with van der Waals surface area (Å²) in [5.41, 5.74) is 2.77. The highest BCUT2D eigenvalue weighted by molar-refractivity contribution is 5.35. The maximum absolute atomic E-state index is 10.5. The van der Waals surface area contributed by atoms with Gasteiger partial charge in [-0.1, -0.05) is 12.8 Å². The lowest BCUT2D eigenvalue weighted by molar-refractivity contribution is 0.0142. The fraction of sp³-hybridized carbons (Fsp3) is 0.625. The van der Waals surface area contributed by atoms with E-state index in [1.54, 1.807) is 0 Å². The van der Waals surface area contributed by atoms with E-state index in [-0.39, 0.29) is 0 Å². The second-order valence-electron chi connectivity index (χ2n) is 6.53. The molecule has 1 fully saturated rings. The lowest BCUT2D eigenvalue weighted by Gasteiger charge is -2.28. The number of hydrogen-bond acceptors (Lipinski definition) is 4. The van der Waals surface area contributed by atoms with Crippen LogP contribution in [0.1, 0.15) is 42.8 Å². The monoisotopic (exact) mass is 288 g/mol. The quantitative estimate of drug-likeness (QED) is 0.936. The first-order valence-corrected chi connectivity index (χ1v) is 7.68. The van der Waals surface area contributed by atoms with Gasteiger partial charge >= 0.3 is 0 Å². The zero-order chi connectivity index (χ0) is 15.0. The number of aromatic nitrogens is 3.